The molecule has 2 atom stereocenters. The Morgan fingerprint density at radius 2 is 1.96 bits per heavy atom. The number of rotatable bonds is 4. The molecule has 3 amide bonds. The Bertz CT molecular complexity index is 892. The van der Waals surface area contributed by atoms with Crippen LogP contribution in [0.15, 0.2) is 42.5 Å². The number of β-amino-alcohol motifs (C(OH)–C–C–N with tert-alkyl or cyclic N) is 1. The summed E-state index contributed by atoms with van der Waals surface area (Å²) in [6, 6.07) is 9.29. The summed E-state index contributed by atoms with van der Waals surface area (Å²) in [5, 5.41) is 13.5. The van der Waals surface area contributed by atoms with Crippen molar-refractivity contribution in [3.8, 4) is 0 Å². The SMILES string of the molecule is CC1(c2ccc(Cl)cc2Cl)NC(=O)N(CC(O)c2cccc(F)c2)C1=O. The van der Waals surface area contributed by atoms with Crippen LogP contribution in [-0.2, 0) is 10.3 Å². The third-order valence-electron chi connectivity index (χ3n) is 4.33. The van der Waals surface area contributed by atoms with Gasteiger partial charge in [0.05, 0.1) is 12.6 Å². The van der Waals surface area contributed by atoms with Crippen molar-refractivity contribution in [2.24, 2.45) is 0 Å². The van der Waals surface area contributed by atoms with Crippen LogP contribution in [0.1, 0.15) is 24.2 Å². The first-order chi connectivity index (χ1) is 12.2. The molecule has 1 heterocycles. The minimum absolute atomic E-state index is 0.237. The lowest BCUT2D eigenvalue weighted by molar-refractivity contribution is -0.132. The van der Waals surface area contributed by atoms with Crippen molar-refractivity contribution in [3.63, 3.8) is 0 Å². The van der Waals surface area contributed by atoms with Crippen LogP contribution in [0.4, 0.5) is 9.18 Å². The van der Waals surface area contributed by atoms with Crippen molar-refractivity contribution in [1.82, 2.24) is 10.2 Å². The summed E-state index contributed by atoms with van der Waals surface area (Å²) in [5.74, 6) is -1.08. The minimum Gasteiger partial charge on any atom is -0.387 e. The number of nitrogens with zero attached hydrogens (tertiary/aromatic N) is 1. The van der Waals surface area contributed by atoms with Gasteiger partial charge in [0.15, 0.2) is 0 Å². The molecule has 5 nitrogen and oxygen atoms in total. The van der Waals surface area contributed by atoms with Gasteiger partial charge in [0.2, 0.25) is 0 Å². The highest BCUT2D eigenvalue weighted by molar-refractivity contribution is 6.35. The molecule has 2 unspecified atom stereocenters. The molecule has 0 aliphatic carbocycles. The number of nitrogens with one attached hydrogen (secondary N) is 1. The van der Waals surface area contributed by atoms with E-state index in [0.29, 0.717) is 10.6 Å². The zero-order valence-electron chi connectivity index (χ0n) is 13.7. The number of carbonyl (C=O) groups excluding carboxylic acids is 2. The number of aliphatic hydroxyl groups excluding tert-OH is 1. The lowest BCUT2D eigenvalue weighted by Gasteiger charge is -2.24. The molecule has 0 saturated carbocycles. The van der Waals surface area contributed by atoms with Crippen LogP contribution >= 0.6 is 23.2 Å². The fourth-order valence-electron chi connectivity index (χ4n) is 2.93. The number of carbonyl (C=O) groups is 2. The third-order valence-corrected chi connectivity index (χ3v) is 4.88. The fourth-order valence-corrected chi connectivity index (χ4v) is 3.53. The van der Waals surface area contributed by atoms with Gasteiger partial charge in [-0.05, 0) is 36.8 Å². The first-order valence-corrected chi connectivity index (χ1v) is 8.51. The van der Waals surface area contributed by atoms with E-state index < -0.39 is 29.4 Å². The van der Waals surface area contributed by atoms with Crippen LogP contribution in [0.25, 0.3) is 0 Å². The van der Waals surface area contributed by atoms with Gasteiger partial charge in [0.1, 0.15) is 11.4 Å². The van der Waals surface area contributed by atoms with Gasteiger partial charge in [-0.1, -0.05) is 41.4 Å². The van der Waals surface area contributed by atoms with Gasteiger partial charge >= 0.3 is 6.03 Å². The number of imide groups is 1. The Kier molecular flexibility index (Phi) is 4.92. The molecule has 3 rings (SSSR count). The third kappa shape index (κ3) is 3.28. The van der Waals surface area contributed by atoms with E-state index in [1.54, 1.807) is 12.1 Å². The fraction of sp³-hybridized carbons (Fsp3) is 0.222. The second kappa shape index (κ2) is 6.87. The molecule has 1 aliphatic heterocycles. The van der Waals surface area contributed by atoms with Gasteiger partial charge < -0.3 is 10.4 Å². The number of aliphatic hydroxyl groups is 1. The predicted octanol–water partition coefficient (Wildman–Crippen LogP) is 3.63. The van der Waals surface area contributed by atoms with E-state index in [-0.39, 0.29) is 17.1 Å². The van der Waals surface area contributed by atoms with E-state index in [9.17, 15) is 19.1 Å². The highest BCUT2D eigenvalue weighted by Gasteiger charge is 2.50. The predicted molar refractivity (Wildman–Crippen MR) is 95.4 cm³/mol. The summed E-state index contributed by atoms with van der Waals surface area (Å²) in [6.45, 7) is 1.21. The monoisotopic (exact) mass is 396 g/mol. The smallest absolute Gasteiger partial charge is 0.325 e. The summed E-state index contributed by atoms with van der Waals surface area (Å²) in [7, 11) is 0. The topological polar surface area (TPSA) is 69.6 Å². The zero-order chi connectivity index (χ0) is 19.1. The van der Waals surface area contributed by atoms with E-state index in [1.165, 1.54) is 31.2 Å². The zero-order valence-corrected chi connectivity index (χ0v) is 15.2. The average molecular weight is 397 g/mol. The number of halogens is 3. The summed E-state index contributed by atoms with van der Waals surface area (Å²) in [5.41, 5.74) is -0.728. The number of hydrogen-bond donors (Lipinski definition) is 2. The van der Waals surface area contributed by atoms with E-state index in [1.807, 2.05) is 0 Å². The van der Waals surface area contributed by atoms with Crippen molar-refractivity contribution in [2.45, 2.75) is 18.6 Å². The molecule has 2 aromatic rings. The summed E-state index contributed by atoms with van der Waals surface area (Å²) in [6.07, 6.45) is -1.22. The van der Waals surface area contributed by atoms with Crippen LogP contribution in [0, 0.1) is 5.82 Å². The molecule has 1 saturated heterocycles. The number of amides is 3. The van der Waals surface area contributed by atoms with Crippen molar-refractivity contribution in [1.29, 1.82) is 0 Å². The maximum Gasteiger partial charge on any atom is 0.325 e. The molecule has 0 spiro atoms. The van der Waals surface area contributed by atoms with Gasteiger partial charge in [-0.25, -0.2) is 9.18 Å². The first-order valence-electron chi connectivity index (χ1n) is 7.75. The maximum atomic E-state index is 13.3. The molecule has 2 aromatic carbocycles. The first kappa shape index (κ1) is 18.6. The molecule has 136 valence electrons. The van der Waals surface area contributed by atoms with Gasteiger partial charge in [-0.3, -0.25) is 9.69 Å². The van der Waals surface area contributed by atoms with Crippen LogP contribution in [-0.4, -0.2) is 28.5 Å². The largest absolute Gasteiger partial charge is 0.387 e. The Balaban J connectivity index is 1.87. The van der Waals surface area contributed by atoms with Crippen molar-refractivity contribution >= 4 is 35.1 Å². The average Bonchev–Trinajstić information content (AvgIpc) is 2.78. The van der Waals surface area contributed by atoms with Crippen molar-refractivity contribution in [3.05, 3.63) is 69.5 Å². The lowest BCUT2D eigenvalue weighted by atomic mass is 9.92. The Morgan fingerprint density at radius 3 is 2.62 bits per heavy atom. The van der Waals surface area contributed by atoms with E-state index in [0.717, 1.165) is 11.0 Å². The number of hydrogen-bond acceptors (Lipinski definition) is 3. The molecule has 0 aromatic heterocycles. The van der Waals surface area contributed by atoms with Gasteiger partial charge in [-0.15, -0.1) is 0 Å². The van der Waals surface area contributed by atoms with Crippen LogP contribution in [0.3, 0.4) is 0 Å². The normalized spacial score (nSPS) is 21.0. The quantitative estimate of drug-likeness (QED) is 0.775. The van der Waals surface area contributed by atoms with Crippen LogP contribution in [0.2, 0.25) is 10.0 Å². The second-order valence-electron chi connectivity index (χ2n) is 6.17. The van der Waals surface area contributed by atoms with Gasteiger partial charge in [0, 0.05) is 15.6 Å². The summed E-state index contributed by atoms with van der Waals surface area (Å²) >= 11 is 12.1. The molecular formula is C18H15Cl2FN2O3. The number of benzene rings is 2. The van der Waals surface area contributed by atoms with Crippen LogP contribution in [0.5, 0.6) is 0 Å². The number of urea groups is 1. The lowest BCUT2D eigenvalue weighted by Crippen LogP contribution is -2.41. The maximum absolute atomic E-state index is 13.3. The van der Waals surface area contributed by atoms with Crippen molar-refractivity contribution < 1.29 is 19.1 Å². The second-order valence-corrected chi connectivity index (χ2v) is 7.01. The molecule has 1 aliphatic rings. The van der Waals surface area contributed by atoms with Gasteiger partial charge in [0.25, 0.3) is 5.91 Å². The molecule has 0 bridgehead atoms. The molecule has 8 heteroatoms. The highest BCUT2D eigenvalue weighted by Crippen LogP contribution is 2.35. The molecule has 2 N–H and O–H groups in total. The van der Waals surface area contributed by atoms with E-state index >= 15 is 0 Å². The molecule has 1 fully saturated rings. The Morgan fingerprint density at radius 1 is 1.23 bits per heavy atom. The standard InChI is InChI=1S/C18H15Cl2FN2O3/c1-18(13-6-5-11(19)8-14(13)20)16(25)23(17(26)22-18)9-15(24)10-3-2-4-12(21)7-10/h2-8,15,24H,9H2,1H3,(H,22,26). The Labute approximate surface area is 159 Å². The van der Waals surface area contributed by atoms with Crippen LogP contribution < -0.4 is 5.32 Å². The molecular weight excluding hydrogens is 382 g/mol. The molecule has 0 radical (unpaired) electrons. The minimum atomic E-state index is -1.39. The highest BCUT2D eigenvalue weighted by atomic mass is 35.5. The molecule has 26 heavy (non-hydrogen) atoms. The summed E-state index contributed by atoms with van der Waals surface area (Å²) in [4.78, 5) is 26.1. The van der Waals surface area contributed by atoms with Gasteiger partial charge in [-0.2, -0.15) is 0 Å². The summed E-state index contributed by atoms with van der Waals surface area (Å²) < 4.78 is 13.3. The van der Waals surface area contributed by atoms with E-state index in [2.05, 4.69) is 5.32 Å². The van der Waals surface area contributed by atoms with Crippen molar-refractivity contribution in [2.75, 3.05) is 6.54 Å². The Hall–Kier alpha value is -2.15. The van der Waals surface area contributed by atoms with E-state index in [4.69, 9.17) is 23.2 Å².